The molecule has 0 heterocycles. The Bertz CT molecular complexity index is 724. The number of alkyl halides is 3. The molecule has 2 aromatic rings. The van der Waals surface area contributed by atoms with E-state index in [0.29, 0.717) is 25.3 Å². The van der Waals surface area contributed by atoms with Crippen LogP contribution in [0.25, 0.3) is 0 Å². The summed E-state index contributed by atoms with van der Waals surface area (Å²) in [5, 5.41) is 10.8. The number of likely N-dealkylation sites (N-methyl/N-ethyl adjacent to an activating group) is 1. The van der Waals surface area contributed by atoms with Crippen LogP contribution >= 0.6 is 0 Å². The topological polar surface area (TPSA) is 52.6 Å². The molecule has 146 valence electrons. The van der Waals surface area contributed by atoms with Crippen LogP contribution in [0, 0.1) is 0 Å². The third-order valence-corrected chi connectivity index (χ3v) is 4.14. The minimum atomic E-state index is -4.40. The van der Waals surface area contributed by atoms with Gasteiger partial charge in [-0.25, -0.2) is 0 Å². The number of benzene rings is 2. The van der Waals surface area contributed by atoms with Gasteiger partial charge in [0.2, 0.25) is 0 Å². The van der Waals surface area contributed by atoms with Crippen LogP contribution in [0.5, 0.6) is 5.75 Å². The first-order chi connectivity index (χ1) is 12.8. The van der Waals surface area contributed by atoms with Gasteiger partial charge in [0.15, 0.2) is 0 Å². The maximum Gasteiger partial charge on any atom is 1.00 e. The summed E-state index contributed by atoms with van der Waals surface area (Å²) in [6.45, 7) is 2.65. The molecule has 0 aliphatic carbocycles. The minimum Gasteiger partial charge on any atom is -0.549 e. The van der Waals surface area contributed by atoms with Crippen LogP contribution < -0.4 is 28.7 Å². The Hall–Kier alpha value is -1.94. The van der Waals surface area contributed by atoms with Gasteiger partial charge in [-0.05, 0) is 36.4 Å². The van der Waals surface area contributed by atoms with Crippen LogP contribution in [0.3, 0.4) is 0 Å². The van der Waals surface area contributed by atoms with Gasteiger partial charge < -0.3 is 14.6 Å². The average Bonchev–Trinajstić information content (AvgIpc) is 2.64. The van der Waals surface area contributed by atoms with Gasteiger partial charge in [0.05, 0.1) is 11.5 Å². The number of carbonyl (C=O) groups is 1. The molecule has 0 fully saturated rings. The van der Waals surface area contributed by atoms with Crippen LogP contribution in [0.4, 0.5) is 13.2 Å². The number of aliphatic carboxylic acids is 1. The van der Waals surface area contributed by atoms with E-state index in [9.17, 15) is 23.1 Å². The van der Waals surface area contributed by atoms with Crippen molar-refractivity contribution in [2.24, 2.45) is 0 Å². The zero-order valence-corrected chi connectivity index (χ0v) is 15.9. The number of ether oxygens (including phenoxy) is 1. The number of carboxylic acid groups (broad SMARTS) is 1. The molecule has 28 heavy (non-hydrogen) atoms. The molecular formula is C20H21F3LiNO3. The van der Waals surface area contributed by atoms with Crippen LogP contribution in [-0.2, 0) is 11.0 Å². The first kappa shape index (κ1) is 24.1. The van der Waals surface area contributed by atoms with E-state index >= 15 is 0 Å². The number of hydrogen-bond acceptors (Lipinski definition) is 4. The zero-order chi connectivity index (χ0) is 19.9. The maximum atomic E-state index is 12.7. The van der Waals surface area contributed by atoms with E-state index in [1.54, 1.807) is 4.90 Å². The van der Waals surface area contributed by atoms with Crippen LogP contribution in [0.2, 0.25) is 0 Å². The molecule has 4 nitrogen and oxygen atoms in total. The summed E-state index contributed by atoms with van der Waals surface area (Å²) in [7, 11) is 0. The quantitative estimate of drug-likeness (QED) is 0.581. The Balaban J connectivity index is 0.00000392. The van der Waals surface area contributed by atoms with Gasteiger partial charge in [0.1, 0.15) is 11.9 Å². The number of carboxylic acids is 1. The van der Waals surface area contributed by atoms with Crippen molar-refractivity contribution < 1.29 is 46.7 Å². The van der Waals surface area contributed by atoms with E-state index in [4.69, 9.17) is 4.74 Å². The fourth-order valence-corrected chi connectivity index (χ4v) is 2.68. The Morgan fingerprint density at radius 3 is 2.21 bits per heavy atom. The second-order valence-corrected chi connectivity index (χ2v) is 6.07. The molecule has 2 aromatic carbocycles. The van der Waals surface area contributed by atoms with Crippen molar-refractivity contribution in [2.45, 2.75) is 25.6 Å². The molecule has 0 spiro atoms. The van der Waals surface area contributed by atoms with Gasteiger partial charge in [-0.1, -0.05) is 37.3 Å². The average molecular weight is 387 g/mol. The molecule has 0 amide bonds. The van der Waals surface area contributed by atoms with Crippen molar-refractivity contribution in [1.82, 2.24) is 4.90 Å². The van der Waals surface area contributed by atoms with E-state index < -0.39 is 23.8 Å². The second kappa shape index (κ2) is 11.2. The molecule has 0 aromatic heterocycles. The van der Waals surface area contributed by atoms with Crippen molar-refractivity contribution in [1.29, 1.82) is 0 Å². The van der Waals surface area contributed by atoms with Gasteiger partial charge in [0.25, 0.3) is 0 Å². The van der Waals surface area contributed by atoms with Gasteiger partial charge >= 0.3 is 25.0 Å². The third kappa shape index (κ3) is 7.59. The molecule has 0 N–H and O–H groups in total. The van der Waals surface area contributed by atoms with Crippen LogP contribution in [0.1, 0.15) is 30.6 Å². The number of carbonyl (C=O) groups excluding carboxylic acids is 1. The first-order valence-corrected chi connectivity index (χ1v) is 8.60. The minimum absolute atomic E-state index is 0. The fourth-order valence-electron chi connectivity index (χ4n) is 2.68. The summed E-state index contributed by atoms with van der Waals surface area (Å²) < 4.78 is 44.0. The van der Waals surface area contributed by atoms with Crippen molar-refractivity contribution in [3.63, 3.8) is 0 Å². The molecule has 2 rings (SSSR count). The van der Waals surface area contributed by atoms with Gasteiger partial charge in [-0.3, -0.25) is 4.90 Å². The molecule has 0 aliphatic rings. The van der Waals surface area contributed by atoms with Crippen molar-refractivity contribution in [2.75, 3.05) is 19.6 Å². The summed E-state index contributed by atoms with van der Waals surface area (Å²) >= 11 is 0. The van der Waals surface area contributed by atoms with Crippen molar-refractivity contribution in [3.8, 4) is 5.75 Å². The molecule has 0 saturated carbocycles. The van der Waals surface area contributed by atoms with Crippen molar-refractivity contribution in [3.05, 3.63) is 65.7 Å². The third-order valence-electron chi connectivity index (χ3n) is 4.14. The maximum absolute atomic E-state index is 12.7. The van der Waals surface area contributed by atoms with Gasteiger partial charge in [0, 0.05) is 19.5 Å². The molecule has 1 atom stereocenters. The number of nitrogens with zero attached hydrogens (tertiary/aromatic N) is 1. The zero-order valence-electron chi connectivity index (χ0n) is 15.9. The fraction of sp³-hybridized carbons (Fsp3) is 0.350. The smallest absolute Gasteiger partial charge is 0.549 e. The van der Waals surface area contributed by atoms with E-state index in [-0.39, 0.29) is 25.4 Å². The van der Waals surface area contributed by atoms with Crippen LogP contribution in [-0.4, -0.2) is 30.5 Å². The predicted molar refractivity (Wildman–Crippen MR) is 93.0 cm³/mol. The Morgan fingerprint density at radius 1 is 1.11 bits per heavy atom. The largest absolute Gasteiger partial charge is 1.00 e. The monoisotopic (exact) mass is 387 g/mol. The molecule has 0 radical (unpaired) electrons. The molecular weight excluding hydrogens is 366 g/mol. The molecule has 8 heteroatoms. The summed E-state index contributed by atoms with van der Waals surface area (Å²) in [6, 6.07) is 13.8. The van der Waals surface area contributed by atoms with E-state index in [2.05, 4.69) is 0 Å². The molecule has 1 unspecified atom stereocenters. The Kier molecular flexibility index (Phi) is 9.60. The van der Waals surface area contributed by atoms with Crippen LogP contribution in [0.15, 0.2) is 54.6 Å². The summed E-state index contributed by atoms with van der Waals surface area (Å²) in [6.07, 6.45) is -4.34. The predicted octanol–water partition coefficient (Wildman–Crippen LogP) is 0.291. The first-order valence-electron chi connectivity index (χ1n) is 8.60. The number of halogens is 3. The van der Waals surface area contributed by atoms with E-state index in [1.165, 1.54) is 12.1 Å². The number of hydrogen-bond donors (Lipinski definition) is 0. The summed E-state index contributed by atoms with van der Waals surface area (Å²) in [4.78, 5) is 12.5. The molecule has 0 bridgehead atoms. The normalized spacial score (nSPS) is 12.3. The number of rotatable bonds is 9. The summed E-state index contributed by atoms with van der Waals surface area (Å²) in [5.41, 5.74) is 0.124. The molecule has 0 saturated heterocycles. The summed E-state index contributed by atoms with van der Waals surface area (Å²) in [5.74, 6) is -0.837. The van der Waals surface area contributed by atoms with Gasteiger partial charge in [-0.15, -0.1) is 0 Å². The Morgan fingerprint density at radius 2 is 1.71 bits per heavy atom. The Labute approximate surface area is 174 Å². The van der Waals surface area contributed by atoms with E-state index in [1.807, 2.05) is 37.3 Å². The van der Waals surface area contributed by atoms with Gasteiger partial charge in [-0.2, -0.15) is 13.2 Å². The van der Waals surface area contributed by atoms with E-state index in [0.717, 1.165) is 17.7 Å². The standard InChI is InChI=1S/C20H22F3NO3.Li/c1-2-24(14-19(25)26)13-12-18(15-6-4-3-5-7-15)27-17-10-8-16(9-11-17)20(21,22)23;/h3-11,18H,2,12-14H2,1H3,(H,25,26);/q;+1/p-1. The SMILES string of the molecule is CCN(CCC(Oc1ccc(C(F)(F)F)cc1)c1ccccc1)CC(=O)[O-].[Li+]. The van der Waals surface area contributed by atoms with Crippen molar-refractivity contribution >= 4 is 5.97 Å². The molecule has 0 aliphatic heterocycles. The second-order valence-electron chi connectivity index (χ2n) is 6.07.